The average Bonchev–Trinajstić information content (AvgIpc) is 2.19. The van der Waals surface area contributed by atoms with Gasteiger partial charge in [-0.15, -0.1) is 0 Å². The van der Waals surface area contributed by atoms with Gasteiger partial charge >= 0.3 is 0 Å². The van der Waals surface area contributed by atoms with E-state index in [-0.39, 0.29) is 6.10 Å². The van der Waals surface area contributed by atoms with Crippen molar-refractivity contribution >= 4 is 0 Å². The third-order valence-electron chi connectivity index (χ3n) is 4.09. The van der Waals surface area contributed by atoms with Crippen LogP contribution in [0.3, 0.4) is 0 Å². The van der Waals surface area contributed by atoms with E-state index in [0.29, 0.717) is 12.1 Å². The van der Waals surface area contributed by atoms with Crippen molar-refractivity contribution in [3.05, 3.63) is 0 Å². The molecule has 1 N–H and O–H groups in total. The number of methoxy groups -OCH3 is 1. The minimum atomic E-state index is 0.265. The Hall–Kier alpha value is -0.120. The van der Waals surface area contributed by atoms with Crippen LogP contribution in [-0.4, -0.2) is 38.5 Å². The predicted octanol–water partition coefficient (Wildman–Crippen LogP) is 1.96. The lowest BCUT2D eigenvalue weighted by Crippen LogP contribution is -2.60. The van der Waals surface area contributed by atoms with E-state index in [4.69, 9.17) is 9.47 Å². The van der Waals surface area contributed by atoms with Gasteiger partial charge in [0.1, 0.15) is 0 Å². The first kappa shape index (κ1) is 12.3. The standard InChI is InChI=1S/C13H25NO2/c1-3-16-12-9-11(13(12)15-2)14-8-7-10-5-4-6-10/h10-14H,3-9H2,1-2H3. The minimum Gasteiger partial charge on any atom is -0.377 e. The summed E-state index contributed by atoms with van der Waals surface area (Å²) >= 11 is 0. The summed E-state index contributed by atoms with van der Waals surface area (Å²) in [5.74, 6) is 0.997. The summed E-state index contributed by atoms with van der Waals surface area (Å²) in [6, 6.07) is 0.515. The van der Waals surface area contributed by atoms with Gasteiger partial charge in [-0.3, -0.25) is 0 Å². The molecule has 0 amide bonds. The Balaban J connectivity index is 1.59. The maximum atomic E-state index is 5.61. The number of hydrogen-bond acceptors (Lipinski definition) is 3. The van der Waals surface area contributed by atoms with Gasteiger partial charge in [-0.1, -0.05) is 19.3 Å². The van der Waals surface area contributed by atoms with Crippen LogP contribution in [0.2, 0.25) is 0 Å². The van der Waals surface area contributed by atoms with Gasteiger partial charge in [-0.25, -0.2) is 0 Å². The number of hydrogen-bond donors (Lipinski definition) is 1. The molecule has 2 rings (SSSR count). The molecule has 0 heterocycles. The highest BCUT2D eigenvalue weighted by molar-refractivity contribution is 4.97. The molecule has 0 saturated heterocycles. The molecule has 3 nitrogen and oxygen atoms in total. The van der Waals surface area contributed by atoms with Crippen molar-refractivity contribution in [1.29, 1.82) is 0 Å². The van der Waals surface area contributed by atoms with Crippen LogP contribution in [0.5, 0.6) is 0 Å². The Morgan fingerprint density at radius 3 is 2.69 bits per heavy atom. The average molecular weight is 227 g/mol. The fourth-order valence-corrected chi connectivity index (χ4v) is 2.73. The molecule has 3 heteroatoms. The van der Waals surface area contributed by atoms with E-state index in [2.05, 4.69) is 5.32 Å². The second kappa shape index (κ2) is 5.99. The maximum absolute atomic E-state index is 5.61. The van der Waals surface area contributed by atoms with Crippen LogP contribution in [-0.2, 0) is 9.47 Å². The summed E-state index contributed by atoms with van der Waals surface area (Å²) in [5.41, 5.74) is 0. The van der Waals surface area contributed by atoms with Crippen molar-refractivity contribution in [2.24, 2.45) is 5.92 Å². The second-order valence-corrected chi connectivity index (χ2v) is 5.08. The van der Waals surface area contributed by atoms with Crippen molar-refractivity contribution in [3.8, 4) is 0 Å². The number of rotatable bonds is 7. The highest BCUT2D eigenvalue weighted by atomic mass is 16.5. The normalized spacial score (nSPS) is 34.5. The smallest absolute Gasteiger partial charge is 0.0986 e. The van der Waals surface area contributed by atoms with Gasteiger partial charge < -0.3 is 14.8 Å². The molecule has 0 aromatic carbocycles. The van der Waals surface area contributed by atoms with Gasteiger partial charge in [-0.2, -0.15) is 0 Å². The van der Waals surface area contributed by atoms with Crippen molar-refractivity contribution in [1.82, 2.24) is 5.32 Å². The summed E-state index contributed by atoms with van der Waals surface area (Å²) in [4.78, 5) is 0. The van der Waals surface area contributed by atoms with Crippen LogP contribution in [0.15, 0.2) is 0 Å². The molecule has 2 aliphatic carbocycles. The fraction of sp³-hybridized carbons (Fsp3) is 1.00. The predicted molar refractivity (Wildman–Crippen MR) is 64.6 cm³/mol. The molecule has 0 aromatic rings. The summed E-state index contributed by atoms with van der Waals surface area (Å²) < 4.78 is 11.1. The molecule has 0 spiro atoms. The van der Waals surface area contributed by atoms with Crippen LogP contribution in [0, 0.1) is 5.92 Å². The molecule has 0 bridgehead atoms. The quantitative estimate of drug-likeness (QED) is 0.721. The zero-order chi connectivity index (χ0) is 11.4. The van der Waals surface area contributed by atoms with E-state index in [1.165, 1.54) is 25.7 Å². The van der Waals surface area contributed by atoms with Gasteiger partial charge in [0, 0.05) is 19.8 Å². The van der Waals surface area contributed by atoms with Crippen LogP contribution in [0.4, 0.5) is 0 Å². The lowest BCUT2D eigenvalue weighted by atomic mass is 9.82. The van der Waals surface area contributed by atoms with Crippen molar-refractivity contribution < 1.29 is 9.47 Å². The highest BCUT2D eigenvalue weighted by Crippen LogP contribution is 2.30. The third-order valence-corrected chi connectivity index (χ3v) is 4.09. The molecule has 94 valence electrons. The van der Waals surface area contributed by atoms with Crippen LogP contribution < -0.4 is 5.32 Å². The van der Waals surface area contributed by atoms with Gasteiger partial charge in [0.05, 0.1) is 12.2 Å². The first-order valence-electron chi connectivity index (χ1n) is 6.73. The Morgan fingerprint density at radius 1 is 1.31 bits per heavy atom. The van der Waals surface area contributed by atoms with Crippen LogP contribution in [0.25, 0.3) is 0 Å². The summed E-state index contributed by atoms with van der Waals surface area (Å²) in [6.07, 6.45) is 7.37. The molecule has 2 aliphatic rings. The van der Waals surface area contributed by atoms with E-state index in [1.807, 2.05) is 6.92 Å². The van der Waals surface area contributed by atoms with Gasteiger partial charge in [-0.05, 0) is 32.2 Å². The van der Waals surface area contributed by atoms with Crippen molar-refractivity contribution in [3.63, 3.8) is 0 Å². The summed E-state index contributed by atoms with van der Waals surface area (Å²) in [6.45, 7) is 3.98. The van der Waals surface area contributed by atoms with E-state index in [0.717, 1.165) is 25.5 Å². The zero-order valence-corrected chi connectivity index (χ0v) is 10.6. The SMILES string of the molecule is CCOC1CC(NCCC2CCC2)C1OC. The minimum absolute atomic E-state index is 0.265. The molecule has 3 unspecified atom stereocenters. The zero-order valence-electron chi connectivity index (χ0n) is 10.6. The molecule has 0 aromatic heterocycles. The Morgan fingerprint density at radius 2 is 2.12 bits per heavy atom. The first-order chi connectivity index (χ1) is 7.85. The van der Waals surface area contributed by atoms with E-state index in [1.54, 1.807) is 7.11 Å². The monoisotopic (exact) mass is 227 g/mol. The largest absolute Gasteiger partial charge is 0.377 e. The summed E-state index contributed by atoms with van der Waals surface area (Å²) in [7, 11) is 1.79. The lowest BCUT2D eigenvalue weighted by molar-refractivity contribution is -0.131. The lowest BCUT2D eigenvalue weighted by Gasteiger charge is -2.43. The van der Waals surface area contributed by atoms with E-state index >= 15 is 0 Å². The van der Waals surface area contributed by atoms with Gasteiger partial charge in [0.25, 0.3) is 0 Å². The van der Waals surface area contributed by atoms with Crippen molar-refractivity contribution in [2.75, 3.05) is 20.3 Å². The molecule has 16 heavy (non-hydrogen) atoms. The molecule has 2 fully saturated rings. The molecule has 0 aliphatic heterocycles. The Bertz CT molecular complexity index is 206. The van der Waals surface area contributed by atoms with Crippen LogP contribution >= 0.6 is 0 Å². The van der Waals surface area contributed by atoms with E-state index in [9.17, 15) is 0 Å². The fourth-order valence-electron chi connectivity index (χ4n) is 2.73. The third kappa shape index (κ3) is 2.76. The first-order valence-corrected chi connectivity index (χ1v) is 6.73. The molecule has 0 radical (unpaired) electrons. The number of ether oxygens (including phenoxy) is 2. The maximum Gasteiger partial charge on any atom is 0.0986 e. The van der Waals surface area contributed by atoms with Crippen molar-refractivity contribution in [2.45, 2.75) is 57.3 Å². The molecule has 3 atom stereocenters. The summed E-state index contributed by atoms with van der Waals surface area (Å²) in [5, 5.41) is 3.60. The molecule has 2 saturated carbocycles. The van der Waals surface area contributed by atoms with E-state index < -0.39 is 0 Å². The molecular formula is C13H25NO2. The molecular weight excluding hydrogens is 202 g/mol. The van der Waals surface area contributed by atoms with Gasteiger partial charge in [0.15, 0.2) is 0 Å². The Labute approximate surface area is 98.9 Å². The topological polar surface area (TPSA) is 30.5 Å². The highest BCUT2D eigenvalue weighted by Gasteiger charge is 2.41. The number of nitrogens with one attached hydrogen (secondary N) is 1. The van der Waals surface area contributed by atoms with Gasteiger partial charge in [0.2, 0.25) is 0 Å². The van der Waals surface area contributed by atoms with Crippen LogP contribution in [0.1, 0.15) is 39.0 Å². The second-order valence-electron chi connectivity index (χ2n) is 5.08. The Kier molecular flexibility index (Phi) is 4.62.